The average Bonchev–Trinajstić information content (AvgIpc) is 3.49. The number of amides is 2. The van der Waals surface area contributed by atoms with E-state index in [0.29, 0.717) is 11.8 Å². The summed E-state index contributed by atoms with van der Waals surface area (Å²) in [7, 11) is 0. The summed E-state index contributed by atoms with van der Waals surface area (Å²) >= 11 is 0. The van der Waals surface area contributed by atoms with E-state index in [1.165, 1.54) is 19.1 Å². The molecule has 5 aliphatic rings. The fourth-order valence-electron chi connectivity index (χ4n) is 5.44. The van der Waals surface area contributed by atoms with Gasteiger partial charge in [0.25, 0.3) is 0 Å². The highest BCUT2D eigenvalue weighted by Gasteiger charge is 2.67. The third-order valence-corrected chi connectivity index (χ3v) is 6.94. The summed E-state index contributed by atoms with van der Waals surface area (Å²) in [4.78, 5) is 51.6. The minimum absolute atomic E-state index is 0.0831. The SMILES string of the molecule is C[C@H](C(=O)OCC(=O)c1ccc(F)cc1)N1C(=O)[C@H]2[C@@H]3C=C[C@H]([C@H]4C[C@H]34)[C@@H]2C1=O. The van der Waals surface area contributed by atoms with Crippen LogP contribution in [-0.2, 0) is 19.1 Å². The minimum atomic E-state index is -1.09. The number of esters is 1. The lowest BCUT2D eigenvalue weighted by molar-refractivity contribution is -0.157. The molecular formula is C22H20FNO5. The zero-order chi connectivity index (χ0) is 20.4. The Balaban J connectivity index is 1.26. The van der Waals surface area contributed by atoms with Crippen LogP contribution in [0.1, 0.15) is 23.7 Å². The van der Waals surface area contributed by atoms with Gasteiger partial charge in [0.1, 0.15) is 11.9 Å². The number of ether oxygens (including phenoxy) is 1. The maximum absolute atomic E-state index is 13.0. The normalized spacial score (nSPS) is 34.6. The number of allylic oxidation sites excluding steroid dienone is 2. The molecule has 6 nitrogen and oxygen atoms in total. The molecule has 1 saturated heterocycles. The first-order valence-corrected chi connectivity index (χ1v) is 9.89. The number of halogens is 1. The highest BCUT2D eigenvalue weighted by Crippen LogP contribution is 2.65. The quantitative estimate of drug-likeness (QED) is 0.329. The monoisotopic (exact) mass is 397 g/mol. The Hall–Kier alpha value is -2.83. The van der Waals surface area contributed by atoms with E-state index in [9.17, 15) is 23.6 Å². The standard InChI is InChI=1S/C22H20FNO5/c1-10(22(28)29-9-17(25)11-2-4-12(23)5-3-11)24-20(26)18-13-6-7-14(16-8-15(13)16)19(18)21(24)27/h2-7,10,13-16,18-19H,8-9H2,1H3/t10-,13-,14-,15-,16-,18+,19+/m1/s1. The van der Waals surface area contributed by atoms with Crippen molar-refractivity contribution in [1.82, 2.24) is 4.90 Å². The molecule has 1 aromatic rings. The highest BCUT2D eigenvalue weighted by molar-refractivity contribution is 6.09. The number of imide groups is 1. The van der Waals surface area contributed by atoms with Crippen molar-refractivity contribution in [2.24, 2.45) is 35.5 Å². The molecule has 2 amide bonds. The van der Waals surface area contributed by atoms with Crippen molar-refractivity contribution in [2.75, 3.05) is 6.61 Å². The highest BCUT2D eigenvalue weighted by atomic mass is 19.1. The van der Waals surface area contributed by atoms with Crippen molar-refractivity contribution in [2.45, 2.75) is 19.4 Å². The Bertz CT molecular complexity index is 918. The van der Waals surface area contributed by atoms with Crippen molar-refractivity contribution in [3.8, 4) is 0 Å². The van der Waals surface area contributed by atoms with Gasteiger partial charge >= 0.3 is 5.97 Å². The van der Waals surface area contributed by atoms with E-state index in [2.05, 4.69) is 12.2 Å². The molecule has 7 heteroatoms. The van der Waals surface area contributed by atoms with Gasteiger partial charge in [-0.1, -0.05) is 12.2 Å². The molecule has 2 saturated carbocycles. The third-order valence-electron chi connectivity index (χ3n) is 6.94. The molecule has 7 atom stereocenters. The number of likely N-dealkylation sites (tertiary alicyclic amines) is 1. The van der Waals surface area contributed by atoms with E-state index >= 15 is 0 Å². The van der Waals surface area contributed by atoms with Crippen LogP contribution in [0.25, 0.3) is 0 Å². The first-order valence-electron chi connectivity index (χ1n) is 9.89. The van der Waals surface area contributed by atoms with Gasteiger partial charge in [-0.2, -0.15) is 0 Å². The van der Waals surface area contributed by atoms with E-state index in [0.717, 1.165) is 23.5 Å². The van der Waals surface area contributed by atoms with E-state index in [-0.39, 0.29) is 41.0 Å². The molecule has 6 rings (SSSR count). The van der Waals surface area contributed by atoms with Crippen LogP contribution in [0, 0.1) is 41.3 Å². The van der Waals surface area contributed by atoms with Gasteiger partial charge in [0.2, 0.25) is 11.8 Å². The molecular weight excluding hydrogens is 377 g/mol. The van der Waals surface area contributed by atoms with E-state index < -0.39 is 30.2 Å². The number of rotatable bonds is 5. The predicted molar refractivity (Wildman–Crippen MR) is 97.7 cm³/mol. The molecule has 3 fully saturated rings. The van der Waals surface area contributed by atoms with Gasteiger partial charge < -0.3 is 4.74 Å². The molecule has 150 valence electrons. The largest absolute Gasteiger partial charge is 0.456 e. The number of hydrogen-bond donors (Lipinski definition) is 0. The summed E-state index contributed by atoms with van der Waals surface area (Å²) in [6.07, 6.45) is 5.21. The van der Waals surface area contributed by atoms with E-state index in [1.807, 2.05) is 0 Å². The fraction of sp³-hybridized carbons (Fsp3) is 0.455. The van der Waals surface area contributed by atoms with Crippen LogP contribution in [0.3, 0.4) is 0 Å². The summed E-state index contributed by atoms with van der Waals surface area (Å²) < 4.78 is 18.0. The summed E-state index contributed by atoms with van der Waals surface area (Å²) in [5, 5.41) is 0. The molecule has 2 bridgehead atoms. The van der Waals surface area contributed by atoms with Crippen molar-refractivity contribution in [3.05, 3.63) is 47.8 Å². The maximum atomic E-state index is 13.0. The first kappa shape index (κ1) is 18.2. The van der Waals surface area contributed by atoms with Crippen LogP contribution < -0.4 is 0 Å². The van der Waals surface area contributed by atoms with Crippen molar-refractivity contribution in [3.63, 3.8) is 0 Å². The minimum Gasteiger partial charge on any atom is -0.456 e. The smallest absolute Gasteiger partial charge is 0.329 e. The lowest BCUT2D eigenvalue weighted by Gasteiger charge is -2.37. The molecule has 0 aromatic heterocycles. The molecule has 1 heterocycles. The van der Waals surface area contributed by atoms with Crippen molar-refractivity contribution >= 4 is 23.6 Å². The van der Waals surface area contributed by atoms with Gasteiger partial charge in [0.15, 0.2) is 12.4 Å². The maximum Gasteiger partial charge on any atom is 0.329 e. The summed E-state index contributed by atoms with van der Waals surface area (Å²) in [5.41, 5.74) is 0.216. The number of ketones is 1. The van der Waals surface area contributed by atoms with Crippen LogP contribution in [0.2, 0.25) is 0 Å². The van der Waals surface area contributed by atoms with Crippen LogP contribution in [0.4, 0.5) is 4.39 Å². The Labute approximate surface area is 166 Å². The molecule has 1 aromatic carbocycles. The molecule has 1 aliphatic heterocycles. The summed E-state index contributed by atoms with van der Waals surface area (Å²) in [6, 6.07) is 3.82. The molecule has 4 aliphatic carbocycles. The van der Waals surface area contributed by atoms with Crippen LogP contribution in [-0.4, -0.2) is 41.1 Å². The van der Waals surface area contributed by atoms with Gasteiger partial charge in [0, 0.05) is 5.56 Å². The first-order chi connectivity index (χ1) is 13.9. The fourth-order valence-corrected chi connectivity index (χ4v) is 5.44. The topological polar surface area (TPSA) is 80.8 Å². The Morgan fingerprint density at radius 2 is 1.62 bits per heavy atom. The molecule has 29 heavy (non-hydrogen) atoms. The van der Waals surface area contributed by atoms with Gasteiger partial charge in [-0.25, -0.2) is 9.18 Å². The Morgan fingerprint density at radius 3 is 2.17 bits per heavy atom. The number of nitrogens with zero attached hydrogens (tertiary/aromatic N) is 1. The number of carbonyl (C=O) groups excluding carboxylic acids is 4. The second-order valence-electron chi connectivity index (χ2n) is 8.41. The zero-order valence-corrected chi connectivity index (χ0v) is 15.8. The number of hydrogen-bond acceptors (Lipinski definition) is 5. The second-order valence-corrected chi connectivity index (χ2v) is 8.41. The summed E-state index contributed by atoms with van der Waals surface area (Å²) in [5.74, 6) is -1.99. The summed E-state index contributed by atoms with van der Waals surface area (Å²) in [6.45, 7) is 0.919. The lowest BCUT2D eigenvalue weighted by Crippen LogP contribution is -2.45. The lowest BCUT2D eigenvalue weighted by atomic mass is 9.63. The Kier molecular flexibility index (Phi) is 3.98. The van der Waals surface area contributed by atoms with Crippen LogP contribution in [0.5, 0.6) is 0 Å². The van der Waals surface area contributed by atoms with Gasteiger partial charge in [-0.05, 0) is 61.3 Å². The van der Waals surface area contributed by atoms with Crippen LogP contribution in [0.15, 0.2) is 36.4 Å². The Morgan fingerprint density at radius 1 is 1.07 bits per heavy atom. The number of Topliss-reactive ketones (excluding diaryl/α,β-unsaturated/α-hetero) is 1. The van der Waals surface area contributed by atoms with Gasteiger partial charge in [-0.15, -0.1) is 0 Å². The second kappa shape index (κ2) is 6.34. The number of benzene rings is 1. The van der Waals surface area contributed by atoms with E-state index in [1.54, 1.807) is 0 Å². The van der Waals surface area contributed by atoms with Gasteiger partial charge in [0.05, 0.1) is 11.8 Å². The van der Waals surface area contributed by atoms with Crippen molar-refractivity contribution < 1.29 is 28.3 Å². The third kappa shape index (κ3) is 2.67. The molecule has 0 N–H and O–H groups in total. The molecule has 0 unspecified atom stereocenters. The number of carbonyl (C=O) groups is 4. The zero-order valence-electron chi connectivity index (χ0n) is 15.8. The van der Waals surface area contributed by atoms with Gasteiger partial charge in [-0.3, -0.25) is 19.3 Å². The molecule has 0 radical (unpaired) electrons. The van der Waals surface area contributed by atoms with E-state index in [4.69, 9.17) is 4.74 Å². The average molecular weight is 397 g/mol. The predicted octanol–water partition coefficient (Wildman–Crippen LogP) is 1.99. The van der Waals surface area contributed by atoms with Crippen LogP contribution >= 0.6 is 0 Å². The van der Waals surface area contributed by atoms with Crippen molar-refractivity contribution in [1.29, 1.82) is 0 Å². The molecule has 0 spiro atoms.